The van der Waals surface area contributed by atoms with Gasteiger partial charge in [0.05, 0.1) is 22.9 Å². The van der Waals surface area contributed by atoms with Crippen molar-refractivity contribution in [2.75, 3.05) is 17.2 Å². The van der Waals surface area contributed by atoms with Gasteiger partial charge < -0.3 is 10.6 Å². The van der Waals surface area contributed by atoms with Gasteiger partial charge in [-0.05, 0) is 31.9 Å². The molecule has 2 aromatic heterocycles. The minimum absolute atomic E-state index is 0.0215. The summed E-state index contributed by atoms with van der Waals surface area (Å²) in [7, 11) is 0. The maximum atomic E-state index is 14.7. The molecule has 1 fully saturated rings. The zero-order valence-electron chi connectivity index (χ0n) is 18.2. The molecule has 4 aromatic rings. The molecule has 2 aromatic carbocycles. The van der Waals surface area contributed by atoms with E-state index in [4.69, 9.17) is 5.73 Å². The van der Waals surface area contributed by atoms with E-state index in [2.05, 4.69) is 21.0 Å². The van der Waals surface area contributed by atoms with E-state index in [1.54, 1.807) is 37.3 Å². The molecule has 34 heavy (non-hydrogen) atoms. The zero-order chi connectivity index (χ0) is 24.0. The number of para-hydroxylation sites is 1. The second kappa shape index (κ2) is 8.19. The Kier molecular flexibility index (Phi) is 5.17. The fourth-order valence-corrected chi connectivity index (χ4v) is 4.51. The fourth-order valence-electron chi connectivity index (χ4n) is 4.51. The molecule has 170 valence electrons. The Hall–Kier alpha value is -4.39. The van der Waals surface area contributed by atoms with E-state index >= 15 is 0 Å². The standard InChI is InChI=1S/C24H19F2N7O/c1-13-16(12-27)21(31-24(28)29-13)32-9-5-8-19(32)22-30-18-11-14(25)10-17(26)20(18)23(34)33(22)15-6-3-2-4-7-15/h2-4,6-7,10-11,19H,5,8-9H2,1H3,(H2,28,29,31). The monoisotopic (exact) mass is 459 g/mol. The van der Waals surface area contributed by atoms with Crippen LogP contribution in [0.15, 0.2) is 47.3 Å². The number of hydrogen-bond donors (Lipinski definition) is 1. The molecule has 0 spiro atoms. The number of rotatable bonds is 3. The number of halogens is 2. The van der Waals surface area contributed by atoms with Gasteiger partial charge in [0.25, 0.3) is 5.56 Å². The number of benzene rings is 2. The highest BCUT2D eigenvalue weighted by molar-refractivity contribution is 5.79. The highest BCUT2D eigenvalue weighted by Crippen LogP contribution is 2.37. The van der Waals surface area contributed by atoms with Gasteiger partial charge in [0.15, 0.2) is 5.82 Å². The molecule has 2 N–H and O–H groups in total. The average molecular weight is 459 g/mol. The van der Waals surface area contributed by atoms with E-state index in [0.717, 1.165) is 12.5 Å². The van der Waals surface area contributed by atoms with Crippen LogP contribution in [0.1, 0.15) is 36.0 Å². The van der Waals surface area contributed by atoms with Crippen molar-refractivity contribution in [2.45, 2.75) is 25.8 Å². The predicted molar refractivity (Wildman–Crippen MR) is 122 cm³/mol. The van der Waals surface area contributed by atoms with Crippen LogP contribution in [0.5, 0.6) is 0 Å². The Morgan fingerprint density at radius 3 is 2.65 bits per heavy atom. The van der Waals surface area contributed by atoms with Crippen LogP contribution in [0.3, 0.4) is 0 Å². The van der Waals surface area contributed by atoms with Gasteiger partial charge in [0, 0.05) is 18.7 Å². The Morgan fingerprint density at radius 2 is 1.91 bits per heavy atom. The molecule has 0 radical (unpaired) electrons. The average Bonchev–Trinajstić information content (AvgIpc) is 3.28. The highest BCUT2D eigenvalue weighted by atomic mass is 19.1. The molecule has 10 heteroatoms. The van der Waals surface area contributed by atoms with E-state index in [0.29, 0.717) is 42.1 Å². The fraction of sp³-hybridized carbons (Fsp3) is 0.208. The molecule has 1 saturated heterocycles. The van der Waals surface area contributed by atoms with Crippen LogP contribution >= 0.6 is 0 Å². The third-order valence-electron chi connectivity index (χ3n) is 5.95. The first-order valence-electron chi connectivity index (χ1n) is 10.7. The molecule has 1 aliphatic rings. The van der Waals surface area contributed by atoms with E-state index in [9.17, 15) is 18.8 Å². The maximum Gasteiger partial charge on any atom is 0.269 e. The minimum Gasteiger partial charge on any atom is -0.368 e. The molecule has 5 rings (SSSR count). The van der Waals surface area contributed by atoms with E-state index in [-0.39, 0.29) is 22.4 Å². The lowest BCUT2D eigenvalue weighted by Gasteiger charge is -2.28. The Bertz CT molecular complexity index is 1530. The molecule has 8 nitrogen and oxygen atoms in total. The molecule has 1 atom stereocenters. The van der Waals surface area contributed by atoms with Crippen LogP contribution in [0, 0.1) is 29.9 Å². The summed E-state index contributed by atoms with van der Waals surface area (Å²) >= 11 is 0. The Morgan fingerprint density at radius 1 is 1.15 bits per heavy atom. The lowest BCUT2D eigenvalue weighted by atomic mass is 10.1. The Labute approximate surface area is 192 Å². The van der Waals surface area contributed by atoms with Crippen LogP contribution < -0.4 is 16.2 Å². The molecule has 0 bridgehead atoms. The maximum absolute atomic E-state index is 14.7. The van der Waals surface area contributed by atoms with E-state index in [1.165, 1.54) is 4.57 Å². The third kappa shape index (κ3) is 3.42. The number of nitrogens with zero attached hydrogens (tertiary/aromatic N) is 6. The summed E-state index contributed by atoms with van der Waals surface area (Å²) in [5, 5.41) is 9.44. The number of hydrogen-bond acceptors (Lipinski definition) is 7. The van der Waals surface area contributed by atoms with Crippen LogP contribution in [0.4, 0.5) is 20.5 Å². The van der Waals surface area contributed by atoms with Gasteiger partial charge in [-0.25, -0.2) is 18.7 Å². The molecule has 0 amide bonds. The van der Waals surface area contributed by atoms with Crippen LogP contribution in [-0.2, 0) is 0 Å². The molecule has 1 unspecified atom stereocenters. The van der Waals surface area contributed by atoms with Gasteiger partial charge in [-0.15, -0.1) is 0 Å². The van der Waals surface area contributed by atoms with E-state index in [1.807, 2.05) is 4.90 Å². The summed E-state index contributed by atoms with van der Waals surface area (Å²) in [6, 6.07) is 12.1. The topological polar surface area (TPSA) is 114 Å². The van der Waals surface area contributed by atoms with Gasteiger partial charge in [0.2, 0.25) is 5.95 Å². The molecule has 0 saturated carbocycles. The molecule has 0 aliphatic carbocycles. The molecular formula is C24H19F2N7O. The van der Waals surface area contributed by atoms with Crippen LogP contribution in [0.2, 0.25) is 0 Å². The predicted octanol–water partition coefficient (Wildman–Crippen LogP) is 3.56. The first-order valence-corrected chi connectivity index (χ1v) is 10.7. The van der Waals surface area contributed by atoms with E-state index < -0.39 is 23.2 Å². The van der Waals surface area contributed by atoms with Crippen LogP contribution in [0.25, 0.3) is 16.6 Å². The number of aromatic nitrogens is 4. The summed E-state index contributed by atoms with van der Waals surface area (Å²) in [4.78, 5) is 28.4. The first kappa shape index (κ1) is 21.5. The summed E-state index contributed by atoms with van der Waals surface area (Å²) in [5.41, 5.74) is 6.36. The van der Waals surface area contributed by atoms with Gasteiger partial charge in [0.1, 0.15) is 34.5 Å². The normalized spacial score (nSPS) is 15.6. The quantitative estimate of drug-likeness (QED) is 0.498. The van der Waals surface area contributed by atoms with Crippen molar-refractivity contribution in [3.63, 3.8) is 0 Å². The van der Waals surface area contributed by atoms with Crippen molar-refractivity contribution >= 4 is 22.7 Å². The van der Waals surface area contributed by atoms with Gasteiger partial charge in [-0.3, -0.25) is 9.36 Å². The van der Waals surface area contributed by atoms with Gasteiger partial charge in [-0.2, -0.15) is 10.2 Å². The molecule has 3 heterocycles. The van der Waals surface area contributed by atoms with Gasteiger partial charge >= 0.3 is 0 Å². The third-order valence-corrected chi connectivity index (χ3v) is 5.95. The second-order valence-corrected chi connectivity index (χ2v) is 8.06. The number of nitrogens with two attached hydrogens (primary N) is 1. The second-order valence-electron chi connectivity index (χ2n) is 8.06. The summed E-state index contributed by atoms with van der Waals surface area (Å²) in [5.74, 6) is -1.14. The summed E-state index contributed by atoms with van der Waals surface area (Å²) in [6.07, 6.45) is 1.30. The lowest BCUT2D eigenvalue weighted by molar-refractivity contribution is 0.586. The van der Waals surface area contributed by atoms with Crippen molar-refractivity contribution < 1.29 is 8.78 Å². The van der Waals surface area contributed by atoms with Crippen molar-refractivity contribution in [1.29, 1.82) is 5.26 Å². The Balaban J connectivity index is 1.80. The van der Waals surface area contributed by atoms with Crippen molar-refractivity contribution in [3.8, 4) is 11.8 Å². The number of nitrogen functional groups attached to an aromatic ring is 1. The lowest BCUT2D eigenvalue weighted by Crippen LogP contribution is -2.33. The first-order chi connectivity index (χ1) is 16.4. The van der Waals surface area contributed by atoms with Crippen molar-refractivity contribution in [2.24, 2.45) is 0 Å². The molecular weight excluding hydrogens is 440 g/mol. The van der Waals surface area contributed by atoms with Crippen molar-refractivity contribution in [1.82, 2.24) is 19.5 Å². The molecule has 1 aliphatic heterocycles. The highest BCUT2D eigenvalue weighted by Gasteiger charge is 2.34. The summed E-state index contributed by atoms with van der Waals surface area (Å²) in [6.45, 7) is 2.19. The zero-order valence-corrected chi connectivity index (χ0v) is 18.2. The van der Waals surface area contributed by atoms with Crippen molar-refractivity contribution in [3.05, 3.63) is 81.5 Å². The van der Waals surface area contributed by atoms with Crippen LogP contribution in [-0.4, -0.2) is 26.1 Å². The number of aryl methyl sites for hydroxylation is 1. The van der Waals surface area contributed by atoms with Gasteiger partial charge in [-0.1, -0.05) is 18.2 Å². The summed E-state index contributed by atoms with van der Waals surface area (Å²) < 4.78 is 30.0. The number of fused-ring (bicyclic) bond motifs is 1. The number of nitriles is 1. The SMILES string of the molecule is Cc1nc(N)nc(N2CCCC2c2nc3cc(F)cc(F)c3c(=O)n2-c2ccccc2)c1C#N. The smallest absolute Gasteiger partial charge is 0.269 e. The minimum atomic E-state index is -0.974. The number of anilines is 2. The largest absolute Gasteiger partial charge is 0.368 e.